The number of hydrogen-bond donors (Lipinski definition) is 3. The van der Waals surface area contributed by atoms with Crippen molar-refractivity contribution in [3.05, 3.63) is 45.5 Å². The number of aromatic nitrogens is 2. The molecule has 0 aliphatic carbocycles. The Morgan fingerprint density at radius 3 is 2.81 bits per heavy atom. The number of nitrogens with zero attached hydrogens (tertiary/aromatic N) is 2. The minimum absolute atomic E-state index is 0.117. The van der Waals surface area contributed by atoms with Gasteiger partial charge >= 0.3 is 0 Å². The second-order valence-electron chi connectivity index (χ2n) is 6.47. The summed E-state index contributed by atoms with van der Waals surface area (Å²) in [6, 6.07) is 1.47. The van der Waals surface area contributed by atoms with Crippen LogP contribution in [0, 0.1) is 0 Å². The molecule has 0 saturated heterocycles. The Hall–Kier alpha value is -3.14. The summed E-state index contributed by atoms with van der Waals surface area (Å²) >= 11 is 0. The van der Waals surface area contributed by atoms with Gasteiger partial charge in [0.1, 0.15) is 17.2 Å². The van der Waals surface area contributed by atoms with Gasteiger partial charge in [-0.15, -0.1) is 0 Å². The lowest BCUT2D eigenvalue weighted by atomic mass is 10.1. The number of nitrogens with one attached hydrogen (secondary N) is 2. The molecule has 1 aliphatic heterocycles. The number of aromatic hydroxyl groups is 1. The molecule has 27 heavy (non-hydrogen) atoms. The van der Waals surface area contributed by atoms with Crippen molar-refractivity contribution in [1.82, 2.24) is 20.2 Å². The normalized spacial score (nSPS) is 15.1. The zero-order valence-corrected chi connectivity index (χ0v) is 15.2. The smallest absolute Gasteiger partial charge is 0.296 e. The second-order valence-corrected chi connectivity index (χ2v) is 6.47. The summed E-state index contributed by atoms with van der Waals surface area (Å²) in [5.41, 5.74) is -1.72. The van der Waals surface area contributed by atoms with Crippen molar-refractivity contribution in [1.29, 1.82) is 0 Å². The van der Waals surface area contributed by atoms with Gasteiger partial charge in [-0.3, -0.25) is 19.0 Å². The third kappa shape index (κ3) is 3.31. The quantitative estimate of drug-likeness (QED) is 0.688. The number of hydrogen-bond acceptors (Lipinski definition) is 7. The molecular formula is C17H20N4O6. The van der Waals surface area contributed by atoms with E-state index in [1.165, 1.54) is 23.9 Å². The Morgan fingerprint density at radius 2 is 2.11 bits per heavy atom. The highest BCUT2D eigenvalue weighted by molar-refractivity contribution is 5.96. The molecule has 3 heterocycles. The minimum Gasteiger partial charge on any atom is -0.501 e. The van der Waals surface area contributed by atoms with Gasteiger partial charge in [0.05, 0.1) is 31.5 Å². The second kappa shape index (κ2) is 6.88. The fourth-order valence-corrected chi connectivity index (χ4v) is 2.89. The number of ether oxygens (including phenoxy) is 1. The topological polar surface area (TPSA) is 136 Å². The zero-order chi connectivity index (χ0) is 19.8. The summed E-state index contributed by atoms with van der Waals surface area (Å²) in [4.78, 5) is 40.8. The van der Waals surface area contributed by atoms with Crippen LogP contribution in [0.5, 0.6) is 5.75 Å². The predicted octanol–water partition coefficient (Wildman–Crippen LogP) is 0.0968. The molecule has 1 aliphatic rings. The lowest BCUT2D eigenvalue weighted by Gasteiger charge is -2.32. The molecule has 10 nitrogen and oxygen atoms in total. The van der Waals surface area contributed by atoms with Crippen LogP contribution in [0.4, 0.5) is 0 Å². The van der Waals surface area contributed by atoms with Gasteiger partial charge < -0.3 is 24.9 Å². The fraction of sp³-hybridized carbons (Fsp3) is 0.412. The number of furan rings is 1. The zero-order valence-electron chi connectivity index (χ0n) is 15.2. The van der Waals surface area contributed by atoms with Crippen LogP contribution in [0.3, 0.4) is 0 Å². The molecule has 3 rings (SSSR count). The summed E-state index contributed by atoms with van der Waals surface area (Å²) in [5, 5.41) is 15.1. The predicted molar refractivity (Wildman–Crippen MR) is 92.4 cm³/mol. The van der Waals surface area contributed by atoms with E-state index in [-0.39, 0.29) is 36.1 Å². The molecule has 0 unspecified atom stereocenters. The Balaban J connectivity index is 1.88. The standard InChI is InChI=1S/C17H20N4O6/c1-17(2)16-20-11(12(22)15(25)21(16)5-7-27-17)14(24)19-8-10-9(4-6-26-10)13(23)18-3/h4,6,22H,5,7-8H2,1-3H3,(H,18,23)(H,19,24). The summed E-state index contributed by atoms with van der Waals surface area (Å²) in [5.74, 6) is -1.38. The Morgan fingerprint density at radius 1 is 1.37 bits per heavy atom. The molecule has 0 radical (unpaired) electrons. The summed E-state index contributed by atoms with van der Waals surface area (Å²) < 4.78 is 12.1. The molecule has 2 aromatic heterocycles. The van der Waals surface area contributed by atoms with Gasteiger partial charge in [-0.2, -0.15) is 0 Å². The van der Waals surface area contributed by atoms with E-state index in [0.29, 0.717) is 6.61 Å². The molecule has 0 fully saturated rings. The van der Waals surface area contributed by atoms with E-state index >= 15 is 0 Å². The van der Waals surface area contributed by atoms with Gasteiger partial charge in [-0.1, -0.05) is 0 Å². The van der Waals surface area contributed by atoms with Crippen LogP contribution >= 0.6 is 0 Å². The highest BCUT2D eigenvalue weighted by Crippen LogP contribution is 2.27. The maximum atomic E-state index is 12.5. The lowest BCUT2D eigenvalue weighted by Crippen LogP contribution is -2.42. The molecule has 2 aromatic rings. The highest BCUT2D eigenvalue weighted by atomic mass is 16.5. The maximum absolute atomic E-state index is 12.5. The molecule has 0 bridgehead atoms. The number of rotatable bonds is 4. The van der Waals surface area contributed by atoms with Crippen molar-refractivity contribution in [3.63, 3.8) is 0 Å². The van der Waals surface area contributed by atoms with Crippen LogP contribution in [0.2, 0.25) is 0 Å². The van der Waals surface area contributed by atoms with E-state index in [4.69, 9.17) is 9.15 Å². The highest BCUT2D eigenvalue weighted by Gasteiger charge is 2.34. The molecular weight excluding hydrogens is 356 g/mol. The van der Waals surface area contributed by atoms with Crippen molar-refractivity contribution >= 4 is 11.8 Å². The van der Waals surface area contributed by atoms with E-state index in [2.05, 4.69) is 15.6 Å². The van der Waals surface area contributed by atoms with E-state index in [1.54, 1.807) is 13.8 Å². The SMILES string of the molecule is CNC(=O)c1ccoc1CNC(=O)c1nc2n(c(=O)c1O)CCOC2(C)C. The molecule has 2 amide bonds. The van der Waals surface area contributed by atoms with Gasteiger partial charge in [0.25, 0.3) is 17.4 Å². The van der Waals surface area contributed by atoms with Crippen molar-refractivity contribution in [2.75, 3.05) is 13.7 Å². The van der Waals surface area contributed by atoms with E-state index in [9.17, 15) is 19.5 Å². The maximum Gasteiger partial charge on any atom is 0.296 e. The Labute approximate surface area is 154 Å². The van der Waals surface area contributed by atoms with Crippen LogP contribution in [-0.4, -0.2) is 40.1 Å². The van der Waals surface area contributed by atoms with Crippen LogP contribution in [0.15, 0.2) is 21.5 Å². The van der Waals surface area contributed by atoms with Crippen LogP contribution in [-0.2, 0) is 23.4 Å². The molecule has 10 heteroatoms. The fourth-order valence-electron chi connectivity index (χ4n) is 2.89. The van der Waals surface area contributed by atoms with Crippen molar-refractivity contribution in [2.24, 2.45) is 0 Å². The largest absolute Gasteiger partial charge is 0.501 e. The van der Waals surface area contributed by atoms with Gasteiger partial charge in [0.15, 0.2) is 5.69 Å². The first-order valence-electron chi connectivity index (χ1n) is 8.31. The molecule has 0 spiro atoms. The molecule has 0 atom stereocenters. The van der Waals surface area contributed by atoms with Gasteiger partial charge in [-0.05, 0) is 19.9 Å². The number of fused-ring (bicyclic) bond motifs is 1. The van der Waals surface area contributed by atoms with Gasteiger partial charge in [-0.25, -0.2) is 4.98 Å². The molecule has 3 N–H and O–H groups in total. The first kappa shape index (κ1) is 18.6. The van der Waals surface area contributed by atoms with Crippen molar-refractivity contribution in [3.8, 4) is 5.75 Å². The van der Waals surface area contributed by atoms with Crippen LogP contribution < -0.4 is 16.2 Å². The first-order chi connectivity index (χ1) is 12.8. The van der Waals surface area contributed by atoms with E-state index < -0.39 is 28.5 Å². The molecule has 0 saturated carbocycles. The number of carbonyl (C=O) groups excluding carboxylic acids is 2. The third-order valence-corrected chi connectivity index (χ3v) is 4.30. The summed E-state index contributed by atoms with van der Waals surface area (Å²) in [6.45, 7) is 3.87. The average molecular weight is 376 g/mol. The number of amides is 2. The van der Waals surface area contributed by atoms with Crippen LogP contribution in [0.1, 0.15) is 46.3 Å². The average Bonchev–Trinajstić information content (AvgIpc) is 3.10. The molecule has 144 valence electrons. The van der Waals surface area contributed by atoms with Gasteiger partial charge in [0.2, 0.25) is 5.75 Å². The minimum atomic E-state index is -0.881. The van der Waals surface area contributed by atoms with Gasteiger partial charge in [0, 0.05) is 7.05 Å². The Bertz CT molecular complexity index is 959. The summed E-state index contributed by atoms with van der Waals surface area (Å²) in [7, 11) is 1.48. The Kier molecular flexibility index (Phi) is 4.75. The monoisotopic (exact) mass is 376 g/mol. The molecule has 0 aromatic carbocycles. The summed E-state index contributed by atoms with van der Waals surface area (Å²) in [6.07, 6.45) is 1.33. The third-order valence-electron chi connectivity index (χ3n) is 4.30. The van der Waals surface area contributed by atoms with E-state index in [1.807, 2.05) is 0 Å². The lowest BCUT2D eigenvalue weighted by molar-refractivity contribution is -0.0566. The number of carbonyl (C=O) groups is 2. The first-order valence-corrected chi connectivity index (χ1v) is 8.31. The van der Waals surface area contributed by atoms with E-state index in [0.717, 1.165) is 0 Å². The van der Waals surface area contributed by atoms with Crippen molar-refractivity contribution < 1.29 is 23.8 Å². The van der Waals surface area contributed by atoms with Crippen molar-refractivity contribution in [2.45, 2.75) is 32.5 Å². The van der Waals surface area contributed by atoms with Crippen LogP contribution in [0.25, 0.3) is 0 Å².